The van der Waals surface area contributed by atoms with Gasteiger partial charge in [0, 0.05) is 0 Å². The fraction of sp³-hybridized carbons (Fsp3) is 0.143. The minimum absolute atomic E-state index is 0.438. The zero-order chi connectivity index (χ0) is 6.53. The molecular formula is C7H7AlBr. The lowest BCUT2D eigenvalue weighted by Gasteiger charge is -1.92. The molecule has 0 aliphatic heterocycles. The van der Waals surface area contributed by atoms with Gasteiger partial charge in [-0.2, -0.15) is 0 Å². The second-order valence-electron chi connectivity index (χ2n) is 1.84. The van der Waals surface area contributed by atoms with Gasteiger partial charge in [0.2, 0.25) is 0 Å². The molecule has 0 spiro atoms. The summed E-state index contributed by atoms with van der Waals surface area (Å²) in [5, 5.41) is 1.21. The van der Waals surface area contributed by atoms with Gasteiger partial charge in [0.1, 0.15) is 0 Å². The molecule has 0 saturated heterocycles. The summed E-state index contributed by atoms with van der Waals surface area (Å²) >= 11 is 3.91. The van der Waals surface area contributed by atoms with E-state index < -0.39 is 0 Å². The highest BCUT2D eigenvalue weighted by molar-refractivity contribution is 9.23. The lowest BCUT2D eigenvalue weighted by molar-refractivity contribution is 1.40. The molecule has 0 bridgehead atoms. The number of hydrogen-bond donors (Lipinski definition) is 0. The Hall–Kier alpha value is 0.232. The smallest absolute Gasteiger partial charge is 0.232 e. The van der Waals surface area contributed by atoms with Crippen molar-refractivity contribution >= 4 is 27.4 Å². The molecule has 1 aromatic rings. The first-order valence-corrected chi connectivity index (χ1v) is 6.89. The van der Waals surface area contributed by atoms with E-state index >= 15 is 0 Å². The summed E-state index contributed by atoms with van der Waals surface area (Å²) in [6.45, 7) is 0. The van der Waals surface area contributed by atoms with Crippen LogP contribution < -0.4 is 0 Å². The van der Waals surface area contributed by atoms with Crippen molar-refractivity contribution in [3.05, 3.63) is 35.9 Å². The molecule has 0 saturated carbocycles. The SMILES string of the molecule is [Br][Al][CH2]c1ccccc1. The molecule has 0 aliphatic carbocycles. The Labute approximate surface area is 68.6 Å². The Bertz CT molecular complexity index is 162. The van der Waals surface area contributed by atoms with Gasteiger partial charge in [0.05, 0.1) is 0 Å². The molecule has 1 rings (SSSR count). The topological polar surface area (TPSA) is 0 Å². The molecule has 0 aromatic heterocycles. The van der Waals surface area contributed by atoms with Gasteiger partial charge in [-0.15, -0.1) is 0 Å². The first-order valence-electron chi connectivity index (χ1n) is 2.89. The van der Waals surface area contributed by atoms with Crippen molar-refractivity contribution in [1.29, 1.82) is 0 Å². The van der Waals surface area contributed by atoms with E-state index in [2.05, 4.69) is 38.3 Å². The number of benzene rings is 1. The Balaban J connectivity index is 2.61. The Morgan fingerprint density at radius 1 is 1.22 bits per heavy atom. The van der Waals surface area contributed by atoms with Gasteiger partial charge in [-0.1, -0.05) is 41.2 Å². The van der Waals surface area contributed by atoms with Crippen molar-refractivity contribution in [2.75, 3.05) is 0 Å². The van der Waals surface area contributed by atoms with Gasteiger partial charge < -0.3 is 0 Å². The highest BCUT2D eigenvalue weighted by atomic mass is 79.9. The van der Waals surface area contributed by atoms with Crippen molar-refractivity contribution < 1.29 is 0 Å². The van der Waals surface area contributed by atoms with E-state index in [1.165, 1.54) is 10.8 Å². The Morgan fingerprint density at radius 2 is 1.89 bits per heavy atom. The van der Waals surface area contributed by atoms with Gasteiger partial charge in [0.25, 0.3) is 0 Å². The van der Waals surface area contributed by atoms with Crippen LogP contribution in [0.15, 0.2) is 30.3 Å². The zero-order valence-corrected chi connectivity index (χ0v) is 7.79. The van der Waals surface area contributed by atoms with Crippen LogP contribution in [0.5, 0.6) is 0 Å². The molecular weight excluding hydrogens is 191 g/mol. The zero-order valence-electron chi connectivity index (χ0n) is 5.05. The van der Waals surface area contributed by atoms with Crippen LogP contribution in [0.25, 0.3) is 0 Å². The lowest BCUT2D eigenvalue weighted by Crippen LogP contribution is -1.85. The molecule has 0 fully saturated rings. The lowest BCUT2D eigenvalue weighted by atomic mass is 10.2. The van der Waals surface area contributed by atoms with E-state index in [1.807, 2.05) is 6.07 Å². The number of hydrogen-bond acceptors (Lipinski definition) is 0. The maximum Gasteiger partial charge on any atom is 0.322 e. The quantitative estimate of drug-likeness (QED) is 0.639. The molecule has 0 unspecified atom stereocenters. The van der Waals surface area contributed by atoms with E-state index in [0.29, 0.717) is 13.4 Å². The molecule has 0 nitrogen and oxygen atoms in total. The van der Waals surface area contributed by atoms with Crippen LogP contribution in [0.2, 0.25) is 0 Å². The van der Waals surface area contributed by atoms with E-state index in [9.17, 15) is 0 Å². The molecule has 0 amide bonds. The maximum absolute atomic E-state index is 3.47. The average Bonchev–Trinajstić information content (AvgIpc) is 1.91. The third-order valence-electron chi connectivity index (χ3n) is 1.16. The largest absolute Gasteiger partial charge is 0.322 e. The van der Waals surface area contributed by atoms with Crippen LogP contribution in [0.1, 0.15) is 5.56 Å². The van der Waals surface area contributed by atoms with Crippen molar-refractivity contribution in [3.63, 3.8) is 0 Å². The third-order valence-corrected chi connectivity index (χ3v) is 2.75. The molecule has 0 atom stereocenters. The molecule has 0 heterocycles. The van der Waals surface area contributed by atoms with Crippen molar-refractivity contribution in [1.82, 2.24) is 0 Å². The minimum atomic E-state index is 0.438. The van der Waals surface area contributed by atoms with Crippen molar-refractivity contribution in [2.45, 2.75) is 5.28 Å². The van der Waals surface area contributed by atoms with Gasteiger partial charge in [-0.25, -0.2) is 14.1 Å². The van der Waals surface area contributed by atoms with Crippen molar-refractivity contribution in [2.24, 2.45) is 0 Å². The number of halogens is 1. The summed E-state index contributed by atoms with van der Waals surface area (Å²) in [5.41, 5.74) is 1.43. The second kappa shape index (κ2) is 4.11. The van der Waals surface area contributed by atoms with E-state index in [1.54, 1.807) is 0 Å². The predicted octanol–water partition coefficient (Wildman–Crippen LogP) is 2.20. The standard InChI is InChI=1S/C7H7.Al.BrH/c1-7-5-3-2-4-6-7;;/h2-6H,1H2;;1H/q;+1;/p-1. The van der Waals surface area contributed by atoms with Crippen LogP contribution in [0.4, 0.5) is 0 Å². The van der Waals surface area contributed by atoms with Gasteiger partial charge in [-0.3, -0.25) is 0 Å². The van der Waals surface area contributed by atoms with Gasteiger partial charge in [0.15, 0.2) is 0 Å². The first-order chi connectivity index (χ1) is 4.43. The summed E-state index contributed by atoms with van der Waals surface area (Å²) < 4.78 is 0. The summed E-state index contributed by atoms with van der Waals surface area (Å²) in [4.78, 5) is 0. The first kappa shape index (κ1) is 7.34. The van der Waals surface area contributed by atoms with Crippen LogP contribution in [0, 0.1) is 0 Å². The maximum atomic E-state index is 3.47. The van der Waals surface area contributed by atoms with E-state index in [-0.39, 0.29) is 0 Å². The molecule has 2 heteroatoms. The molecule has 0 N–H and O–H groups in total. The second-order valence-corrected chi connectivity index (χ2v) is 4.50. The fourth-order valence-electron chi connectivity index (χ4n) is 0.703. The number of rotatable bonds is 2. The fourth-order valence-corrected chi connectivity index (χ4v) is 2.27. The van der Waals surface area contributed by atoms with Gasteiger partial charge in [-0.05, 0) is 0 Å². The molecule has 0 aliphatic rings. The van der Waals surface area contributed by atoms with Crippen LogP contribution in [0.3, 0.4) is 0 Å². The van der Waals surface area contributed by atoms with E-state index in [0.717, 1.165) is 0 Å². The van der Waals surface area contributed by atoms with Crippen LogP contribution in [-0.4, -0.2) is 13.4 Å². The Morgan fingerprint density at radius 3 is 2.44 bits per heavy atom. The normalized spacial score (nSPS) is 9.00. The van der Waals surface area contributed by atoms with Crippen molar-refractivity contribution in [3.8, 4) is 0 Å². The Kier molecular flexibility index (Phi) is 3.35. The summed E-state index contributed by atoms with van der Waals surface area (Å²) in [5.74, 6) is 0. The third kappa shape index (κ3) is 2.53. The molecule has 45 valence electrons. The van der Waals surface area contributed by atoms with Crippen LogP contribution >= 0.6 is 14.1 Å². The molecule has 1 aromatic carbocycles. The minimum Gasteiger partial charge on any atom is -0.232 e. The monoisotopic (exact) mass is 197 g/mol. The molecule has 9 heavy (non-hydrogen) atoms. The average molecular weight is 198 g/mol. The van der Waals surface area contributed by atoms with E-state index in [4.69, 9.17) is 0 Å². The summed E-state index contributed by atoms with van der Waals surface area (Å²) in [6, 6.07) is 10.5. The summed E-state index contributed by atoms with van der Waals surface area (Å²) in [6.07, 6.45) is 0. The highest BCUT2D eigenvalue weighted by Crippen LogP contribution is 1.98. The van der Waals surface area contributed by atoms with Crippen LogP contribution in [-0.2, 0) is 5.28 Å². The highest BCUT2D eigenvalue weighted by Gasteiger charge is 1.88. The summed E-state index contributed by atoms with van der Waals surface area (Å²) in [7, 11) is 0. The predicted molar refractivity (Wildman–Crippen MR) is 44.8 cm³/mol. The molecule has 1 radical (unpaired) electrons. The van der Waals surface area contributed by atoms with Gasteiger partial charge >= 0.3 is 13.4 Å².